The van der Waals surface area contributed by atoms with Crippen LogP contribution in [0.15, 0.2) is 0 Å². The highest BCUT2D eigenvalue weighted by atomic mass is 16.2. The van der Waals surface area contributed by atoms with Gasteiger partial charge in [0.05, 0.1) is 17.3 Å². The van der Waals surface area contributed by atoms with Crippen LogP contribution in [0, 0.1) is 5.92 Å². The van der Waals surface area contributed by atoms with Crippen molar-refractivity contribution >= 4 is 17.5 Å². The molecule has 112 valence electrons. The van der Waals surface area contributed by atoms with E-state index in [9.17, 15) is 9.59 Å². The van der Waals surface area contributed by atoms with Crippen LogP contribution >= 0.6 is 0 Å². The molecular weight excluding hydrogens is 258 g/mol. The van der Waals surface area contributed by atoms with Gasteiger partial charge in [-0.25, -0.2) is 0 Å². The molecule has 0 aliphatic heterocycles. The summed E-state index contributed by atoms with van der Waals surface area (Å²) in [5.41, 5.74) is 7.46. The molecule has 0 saturated heterocycles. The Hall–Kier alpha value is -2.05. The highest BCUT2D eigenvalue weighted by Crippen LogP contribution is 2.18. The maximum Gasteiger partial charge on any atom is 0.274 e. The van der Waals surface area contributed by atoms with Crippen molar-refractivity contribution in [1.29, 1.82) is 0 Å². The number of carbonyl (C=O) groups excluding carboxylic acids is 2. The Morgan fingerprint density at radius 3 is 2.55 bits per heavy atom. The molecule has 3 N–H and O–H groups in total. The summed E-state index contributed by atoms with van der Waals surface area (Å²) in [7, 11) is 4.92. The predicted octanol–water partition coefficient (Wildman–Crippen LogP) is 0.0188. The first-order chi connectivity index (χ1) is 9.33. The number of nitrogens with one attached hydrogen (secondary N) is 1. The second kappa shape index (κ2) is 6.40. The lowest BCUT2D eigenvalue weighted by atomic mass is 10.1. The van der Waals surface area contributed by atoms with Crippen LogP contribution in [0.2, 0.25) is 0 Å². The molecule has 0 aliphatic rings. The largest absolute Gasteiger partial charge is 0.395 e. The molecule has 20 heavy (non-hydrogen) atoms. The lowest BCUT2D eigenvalue weighted by Crippen LogP contribution is -2.38. The number of amides is 2. The summed E-state index contributed by atoms with van der Waals surface area (Å²) >= 11 is 0. The predicted molar refractivity (Wildman–Crippen MR) is 77.2 cm³/mol. The quantitative estimate of drug-likeness (QED) is 0.795. The number of hydrogen-bond acceptors (Lipinski definition) is 4. The molecule has 0 fully saturated rings. The van der Waals surface area contributed by atoms with Crippen molar-refractivity contribution in [3.05, 3.63) is 11.4 Å². The lowest BCUT2D eigenvalue weighted by Gasteiger charge is -2.21. The zero-order valence-corrected chi connectivity index (χ0v) is 12.7. The molecule has 0 aromatic carbocycles. The number of nitrogen functional groups attached to an aromatic ring is 1. The molecule has 0 aliphatic carbocycles. The SMILES string of the molecule is CCc1nn(C)c(C(=O)N(C)CC(C)C(=O)NC)c1N. The van der Waals surface area contributed by atoms with Gasteiger partial charge in [-0.05, 0) is 6.42 Å². The van der Waals surface area contributed by atoms with Gasteiger partial charge in [-0.3, -0.25) is 14.3 Å². The van der Waals surface area contributed by atoms with Gasteiger partial charge < -0.3 is 16.0 Å². The second-order valence-electron chi connectivity index (χ2n) is 4.89. The average Bonchev–Trinajstić information content (AvgIpc) is 2.71. The zero-order valence-electron chi connectivity index (χ0n) is 12.7. The van der Waals surface area contributed by atoms with Crippen LogP contribution in [0.1, 0.15) is 30.0 Å². The molecular formula is C13H23N5O2. The van der Waals surface area contributed by atoms with E-state index in [2.05, 4.69) is 10.4 Å². The Kier molecular flexibility index (Phi) is 5.12. The number of carbonyl (C=O) groups is 2. The first-order valence-corrected chi connectivity index (χ1v) is 6.61. The minimum atomic E-state index is -0.283. The van der Waals surface area contributed by atoms with E-state index in [4.69, 9.17) is 5.73 Å². The van der Waals surface area contributed by atoms with E-state index in [1.165, 1.54) is 9.58 Å². The monoisotopic (exact) mass is 281 g/mol. The van der Waals surface area contributed by atoms with E-state index in [1.807, 2.05) is 6.92 Å². The number of aryl methyl sites for hydroxylation is 2. The molecule has 0 radical (unpaired) electrons. The Balaban J connectivity index is 2.90. The van der Waals surface area contributed by atoms with Gasteiger partial charge in [-0.2, -0.15) is 5.10 Å². The van der Waals surface area contributed by atoms with E-state index in [0.29, 0.717) is 30.0 Å². The van der Waals surface area contributed by atoms with Gasteiger partial charge in [0.25, 0.3) is 5.91 Å². The van der Waals surface area contributed by atoms with Crippen molar-refractivity contribution in [1.82, 2.24) is 20.0 Å². The fraction of sp³-hybridized carbons (Fsp3) is 0.615. The Morgan fingerprint density at radius 1 is 1.50 bits per heavy atom. The molecule has 0 saturated carbocycles. The summed E-state index contributed by atoms with van der Waals surface area (Å²) in [4.78, 5) is 25.4. The van der Waals surface area contributed by atoms with Gasteiger partial charge in [0.2, 0.25) is 5.91 Å². The fourth-order valence-corrected chi connectivity index (χ4v) is 2.11. The number of aromatic nitrogens is 2. The smallest absolute Gasteiger partial charge is 0.274 e. The van der Waals surface area contributed by atoms with E-state index >= 15 is 0 Å². The molecule has 1 heterocycles. The third kappa shape index (κ3) is 3.09. The van der Waals surface area contributed by atoms with Gasteiger partial charge in [0.15, 0.2) is 0 Å². The molecule has 1 atom stereocenters. The van der Waals surface area contributed by atoms with Crippen molar-refractivity contribution < 1.29 is 9.59 Å². The number of nitrogens with two attached hydrogens (primary N) is 1. The topological polar surface area (TPSA) is 93.2 Å². The molecule has 1 rings (SSSR count). The first-order valence-electron chi connectivity index (χ1n) is 6.61. The summed E-state index contributed by atoms with van der Waals surface area (Å²) in [6.07, 6.45) is 0.672. The number of rotatable bonds is 5. The number of hydrogen-bond donors (Lipinski definition) is 2. The molecule has 0 spiro atoms. The fourth-order valence-electron chi connectivity index (χ4n) is 2.11. The lowest BCUT2D eigenvalue weighted by molar-refractivity contribution is -0.124. The van der Waals surface area contributed by atoms with Crippen LogP contribution in [-0.2, 0) is 18.3 Å². The molecule has 7 nitrogen and oxygen atoms in total. The van der Waals surface area contributed by atoms with E-state index in [1.54, 1.807) is 28.1 Å². The third-order valence-electron chi connectivity index (χ3n) is 3.29. The Labute approximate surface area is 119 Å². The zero-order chi connectivity index (χ0) is 15.4. The molecule has 1 aromatic rings. The summed E-state index contributed by atoms with van der Waals surface area (Å²) in [5.74, 6) is -0.612. The summed E-state index contributed by atoms with van der Waals surface area (Å²) in [6.45, 7) is 4.03. The normalized spacial score (nSPS) is 12.1. The van der Waals surface area contributed by atoms with Crippen LogP contribution in [0.5, 0.6) is 0 Å². The van der Waals surface area contributed by atoms with Crippen LogP contribution < -0.4 is 11.1 Å². The van der Waals surface area contributed by atoms with Crippen molar-refractivity contribution in [2.45, 2.75) is 20.3 Å². The average molecular weight is 281 g/mol. The van der Waals surface area contributed by atoms with E-state index < -0.39 is 0 Å². The standard InChI is InChI=1S/C13H23N5O2/c1-6-9-10(14)11(18(5)16-9)13(20)17(4)7-8(2)12(19)15-3/h8H,6-7,14H2,1-5H3,(H,15,19). The van der Waals surface area contributed by atoms with Crippen molar-refractivity contribution in [2.75, 3.05) is 26.4 Å². The first kappa shape index (κ1) is 16.0. The van der Waals surface area contributed by atoms with Crippen LogP contribution in [-0.4, -0.2) is 47.1 Å². The summed E-state index contributed by atoms with van der Waals surface area (Å²) < 4.78 is 1.50. The molecule has 1 unspecified atom stereocenters. The van der Waals surface area contributed by atoms with Crippen LogP contribution in [0.4, 0.5) is 5.69 Å². The summed E-state index contributed by atoms with van der Waals surface area (Å²) in [6, 6.07) is 0. The third-order valence-corrected chi connectivity index (χ3v) is 3.29. The molecule has 2 amide bonds. The van der Waals surface area contributed by atoms with Crippen molar-refractivity contribution in [3.63, 3.8) is 0 Å². The van der Waals surface area contributed by atoms with Crippen molar-refractivity contribution in [2.24, 2.45) is 13.0 Å². The van der Waals surface area contributed by atoms with Crippen molar-refractivity contribution in [3.8, 4) is 0 Å². The summed E-state index contributed by atoms with van der Waals surface area (Å²) in [5, 5.41) is 6.79. The van der Waals surface area contributed by atoms with Gasteiger partial charge in [0.1, 0.15) is 5.69 Å². The van der Waals surface area contributed by atoms with Crippen LogP contribution in [0.25, 0.3) is 0 Å². The molecule has 7 heteroatoms. The van der Waals surface area contributed by atoms with Gasteiger partial charge in [-0.1, -0.05) is 13.8 Å². The highest BCUT2D eigenvalue weighted by molar-refractivity contribution is 5.98. The maximum atomic E-state index is 12.4. The van der Waals surface area contributed by atoms with Gasteiger partial charge >= 0.3 is 0 Å². The number of nitrogens with zero attached hydrogens (tertiary/aromatic N) is 3. The van der Waals surface area contributed by atoms with E-state index in [0.717, 1.165) is 0 Å². The van der Waals surface area contributed by atoms with Crippen LogP contribution in [0.3, 0.4) is 0 Å². The second-order valence-corrected chi connectivity index (χ2v) is 4.89. The van der Waals surface area contributed by atoms with Gasteiger partial charge in [-0.15, -0.1) is 0 Å². The molecule has 0 bridgehead atoms. The minimum absolute atomic E-state index is 0.100. The minimum Gasteiger partial charge on any atom is -0.395 e. The van der Waals surface area contributed by atoms with E-state index in [-0.39, 0.29) is 17.7 Å². The molecule has 1 aromatic heterocycles. The Bertz CT molecular complexity index is 509. The maximum absolute atomic E-state index is 12.4. The van der Waals surface area contributed by atoms with Gasteiger partial charge in [0, 0.05) is 27.7 Å². The number of anilines is 1. The Morgan fingerprint density at radius 2 is 2.10 bits per heavy atom. The highest BCUT2D eigenvalue weighted by Gasteiger charge is 2.24.